The Kier molecular flexibility index (Phi) is 6.24. The monoisotopic (exact) mass is 572 g/mol. The van der Waals surface area contributed by atoms with Crippen LogP contribution in [0.3, 0.4) is 0 Å². The highest BCUT2D eigenvalue weighted by Gasteiger charge is 2.39. The van der Waals surface area contributed by atoms with Crippen LogP contribution in [-0.2, 0) is 5.60 Å². The van der Waals surface area contributed by atoms with E-state index >= 15 is 0 Å². The highest BCUT2D eigenvalue weighted by molar-refractivity contribution is 6.20. The van der Waals surface area contributed by atoms with Gasteiger partial charge in [-0.3, -0.25) is 0 Å². The van der Waals surface area contributed by atoms with E-state index in [1.54, 1.807) is 27.4 Å². The van der Waals surface area contributed by atoms with Crippen molar-refractivity contribution in [3.8, 4) is 28.7 Å². The van der Waals surface area contributed by atoms with E-state index < -0.39 is 11.2 Å². The molecular formula is C36H28O7. The number of hydrogen-bond acceptors (Lipinski definition) is 7. The van der Waals surface area contributed by atoms with Crippen LogP contribution in [0, 0.1) is 0 Å². The molecule has 7 nitrogen and oxygen atoms in total. The van der Waals surface area contributed by atoms with E-state index in [2.05, 4.69) is 12.2 Å². The van der Waals surface area contributed by atoms with Gasteiger partial charge in [-0.25, -0.2) is 4.79 Å². The molecule has 0 fully saturated rings. The molecule has 0 bridgehead atoms. The maximum absolute atomic E-state index is 13.4. The number of rotatable bonds is 6. The van der Waals surface area contributed by atoms with E-state index in [4.69, 9.17) is 28.1 Å². The Hall–Kier alpha value is -5.43. The lowest BCUT2D eigenvalue weighted by Gasteiger charge is -2.37. The van der Waals surface area contributed by atoms with E-state index in [0.717, 1.165) is 39.0 Å². The van der Waals surface area contributed by atoms with Crippen molar-refractivity contribution >= 4 is 38.6 Å². The van der Waals surface area contributed by atoms with Crippen molar-refractivity contribution in [1.29, 1.82) is 0 Å². The molecule has 1 aliphatic rings. The zero-order valence-electron chi connectivity index (χ0n) is 24.1. The molecule has 2 heterocycles. The summed E-state index contributed by atoms with van der Waals surface area (Å²) in [6.07, 6.45) is 4.16. The molecule has 0 saturated heterocycles. The second-order valence-electron chi connectivity index (χ2n) is 10.3. The van der Waals surface area contributed by atoms with E-state index in [1.165, 1.54) is 7.11 Å². The van der Waals surface area contributed by atoms with Gasteiger partial charge in [0.25, 0.3) is 0 Å². The molecule has 0 saturated carbocycles. The fourth-order valence-electron chi connectivity index (χ4n) is 5.99. The molecule has 7 rings (SSSR count). The van der Waals surface area contributed by atoms with Crippen molar-refractivity contribution in [3.63, 3.8) is 0 Å². The minimum atomic E-state index is -1.03. The molecule has 0 aliphatic carbocycles. The van der Waals surface area contributed by atoms with Crippen molar-refractivity contribution < 1.29 is 28.1 Å². The van der Waals surface area contributed by atoms with Crippen LogP contribution in [-0.4, -0.2) is 28.4 Å². The molecule has 7 heteroatoms. The smallest absolute Gasteiger partial charge is 0.344 e. The van der Waals surface area contributed by atoms with Crippen molar-refractivity contribution in [3.05, 3.63) is 118 Å². The summed E-state index contributed by atoms with van der Waals surface area (Å²) >= 11 is 0. The lowest BCUT2D eigenvalue weighted by Crippen LogP contribution is -2.34. The van der Waals surface area contributed by atoms with Gasteiger partial charge in [0.2, 0.25) is 0 Å². The van der Waals surface area contributed by atoms with E-state index in [-0.39, 0.29) is 0 Å². The first-order valence-electron chi connectivity index (χ1n) is 13.8. The van der Waals surface area contributed by atoms with Gasteiger partial charge in [0.1, 0.15) is 17.2 Å². The summed E-state index contributed by atoms with van der Waals surface area (Å²) < 4.78 is 35.4. The fourth-order valence-corrected chi connectivity index (χ4v) is 5.99. The summed E-state index contributed by atoms with van der Waals surface area (Å²) in [6, 6.07) is 27.0. The van der Waals surface area contributed by atoms with Crippen LogP contribution in [0.2, 0.25) is 0 Å². The minimum absolute atomic E-state index is 0.361. The van der Waals surface area contributed by atoms with Crippen LogP contribution in [0.1, 0.15) is 16.7 Å². The zero-order valence-corrected chi connectivity index (χ0v) is 24.1. The Morgan fingerprint density at radius 1 is 0.628 bits per heavy atom. The summed E-state index contributed by atoms with van der Waals surface area (Å²) in [4.78, 5) is 13.4. The van der Waals surface area contributed by atoms with Gasteiger partial charge in [0, 0.05) is 27.5 Å². The van der Waals surface area contributed by atoms with Crippen LogP contribution < -0.4 is 29.3 Å². The number of ether oxygens (including phenoxy) is 5. The quantitative estimate of drug-likeness (QED) is 0.151. The normalized spacial score (nSPS) is 13.5. The van der Waals surface area contributed by atoms with Gasteiger partial charge in [0.05, 0.1) is 39.2 Å². The Morgan fingerprint density at radius 3 is 1.74 bits per heavy atom. The van der Waals surface area contributed by atoms with Crippen LogP contribution >= 0.6 is 0 Å². The molecule has 214 valence electrons. The molecule has 0 unspecified atom stereocenters. The maximum atomic E-state index is 13.4. The highest BCUT2D eigenvalue weighted by atomic mass is 16.5. The lowest BCUT2D eigenvalue weighted by molar-refractivity contribution is 0.164. The highest BCUT2D eigenvalue weighted by Crippen LogP contribution is 2.50. The van der Waals surface area contributed by atoms with Crippen molar-refractivity contribution in [2.24, 2.45) is 0 Å². The third kappa shape index (κ3) is 4.00. The molecule has 43 heavy (non-hydrogen) atoms. The maximum Gasteiger partial charge on any atom is 0.344 e. The van der Waals surface area contributed by atoms with Gasteiger partial charge in [-0.05, 0) is 53.9 Å². The molecule has 0 N–H and O–H groups in total. The molecule has 0 spiro atoms. The van der Waals surface area contributed by atoms with E-state index in [1.807, 2.05) is 78.9 Å². The SMILES string of the molecule is COc1ccc(C2(c3ccc(OC)cc3)C=Cc3c(c4c5cc(OC)c(OC)cc5c(=O)oc4c4ccccc34)O2)cc1. The first-order valence-corrected chi connectivity index (χ1v) is 13.8. The Morgan fingerprint density at radius 2 is 1.19 bits per heavy atom. The summed E-state index contributed by atoms with van der Waals surface area (Å²) in [5.74, 6) is 2.98. The summed E-state index contributed by atoms with van der Waals surface area (Å²) in [5, 5.41) is 3.38. The van der Waals surface area contributed by atoms with Crippen LogP contribution in [0.4, 0.5) is 0 Å². The number of fused-ring (bicyclic) bond motifs is 8. The number of methoxy groups -OCH3 is 4. The van der Waals surface area contributed by atoms with Crippen LogP contribution in [0.5, 0.6) is 28.7 Å². The van der Waals surface area contributed by atoms with Gasteiger partial charge >= 0.3 is 5.63 Å². The molecular weight excluding hydrogens is 544 g/mol. The fraction of sp³-hybridized carbons (Fsp3) is 0.139. The molecule has 1 aromatic heterocycles. The molecule has 0 radical (unpaired) electrons. The molecule has 0 amide bonds. The second-order valence-corrected chi connectivity index (χ2v) is 10.3. The largest absolute Gasteiger partial charge is 0.497 e. The van der Waals surface area contributed by atoms with E-state index in [9.17, 15) is 4.79 Å². The topological polar surface area (TPSA) is 76.4 Å². The molecule has 6 aromatic rings. The van der Waals surface area contributed by atoms with Crippen molar-refractivity contribution in [1.82, 2.24) is 0 Å². The van der Waals surface area contributed by atoms with Crippen molar-refractivity contribution in [2.45, 2.75) is 5.60 Å². The average Bonchev–Trinajstić information content (AvgIpc) is 3.07. The Bertz CT molecular complexity index is 2060. The zero-order chi connectivity index (χ0) is 29.7. The van der Waals surface area contributed by atoms with E-state index in [0.29, 0.717) is 39.0 Å². The third-order valence-corrected chi connectivity index (χ3v) is 8.15. The van der Waals surface area contributed by atoms with Gasteiger partial charge < -0.3 is 28.1 Å². The Labute approximate surface area is 247 Å². The van der Waals surface area contributed by atoms with Gasteiger partial charge in [0.15, 0.2) is 22.7 Å². The first kappa shape index (κ1) is 26.5. The second kappa shape index (κ2) is 10.1. The summed E-state index contributed by atoms with van der Waals surface area (Å²) in [6.45, 7) is 0. The predicted molar refractivity (Wildman–Crippen MR) is 167 cm³/mol. The number of benzene rings is 5. The van der Waals surface area contributed by atoms with Crippen molar-refractivity contribution in [2.75, 3.05) is 28.4 Å². The van der Waals surface area contributed by atoms with Gasteiger partial charge in [-0.2, -0.15) is 0 Å². The molecule has 5 aromatic carbocycles. The van der Waals surface area contributed by atoms with Crippen LogP contribution in [0.15, 0.2) is 100 Å². The predicted octanol–water partition coefficient (Wildman–Crippen LogP) is 7.48. The van der Waals surface area contributed by atoms with Crippen LogP contribution in [0.25, 0.3) is 38.6 Å². The minimum Gasteiger partial charge on any atom is -0.497 e. The summed E-state index contributed by atoms with van der Waals surface area (Å²) in [7, 11) is 6.38. The standard InChI is InChI=1S/C36H28O7/c1-38-23-13-9-21(10-14-23)36(22-11-15-24(39-2)16-12-22)18-17-27-25-7-5-6-8-26(25)33-32(34(27)43-36)28-19-30(40-3)31(41-4)20-29(28)35(37)42-33/h5-20H,1-4H3. The Balaban J connectivity index is 1.61. The average molecular weight is 573 g/mol. The lowest BCUT2D eigenvalue weighted by atomic mass is 9.82. The van der Waals surface area contributed by atoms with Gasteiger partial charge in [-0.15, -0.1) is 0 Å². The first-order chi connectivity index (χ1) is 21.0. The van der Waals surface area contributed by atoms with Gasteiger partial charge in [-0.1, -0.05) is 48.5 Å². The molecule has 1 aliphatic heterocycles. The molecule has 0 atom stereocenters. The number of hydrogen-bond donors (Lipinski definition) is 0. The third-order valence-electron chi connectivity index (χ3n) is 8.15. The summed E-state index contributed by atoms with van der Waals surface area (Å²) in [5.41, 5.74) is 1.60.